The lowest BCUT2D eigenvalue weighted by Gasteiger charge is -2.06. The van der Waals surface area contributed by atoms with Crippen LogP contribution >= 0.6 is 0 Å². The molecule has 3 heterocycles. The molecule has 4 N–H and O–H groups in total. The Morgan fingerprint density at radius 3 is 2.64 bits per heavy atom. The van der Waals surface area contributed by atoms with E-state index in [9.17, 15) is 18.3 Å². The van der Waals surface area contributed by atoms with Gasteiger partial charge in [0.15, 0.2) is 15.5 Å². The van der Waals surface area contributed by atoms with Crippen molar-refractivity contribution in [2.75, 3.05) is 11.6 Å². The number of imidazole rings is 1. The molecular weight excluding hydrogens is 448 g/mol. The van der Waals surface area contributed by atoms with Crippen LogP contribution in [0.15, 0.2) is 45.1 Å². The quantitative estimate of drug-likeness (QED) is 0.293. The van der Waals surface area contributed by atoms with E-state index in [1.54, 1.807) is 36.5 Å². The largest absolute Gasteiger partial charge is 0.493 e. The summed E-state index contributed by atoms with van der Waals surface area (Å²) in [5, 5.41) is 17.9. The molecule has 0 spiro atoms. The van der Waals surface area contributed by atoms with Crippen molar-refractivity contribution in [1.29, 1.82) is 0 Å². The number of anilines is 1. The van der Waals surface area contributed by atoms with Gasteiger partial charge in [-0.15, -0.1) is 0 Å². The van der Waals surface area contributed by atoms with E-state index < -0.39 is 15.5 Å². The number of hydrogen-bond donors (Lipinski definition) is 4. The maximum atomic E-state index is 11.6. The van der Waals surface area contributed by atoms with E-state index in [1.165, 1.54) is 4.52 Å². The van der Waals surface area contributed by atoms with Gasteiger partial charge in [0.1, 0.15) is 5.69 Å². The number of fused-ring (bicyclic) bond motifs is 1. The highest BCUT2D eigenvalue weighted by molar-refractivity contribution is 7.90. The van der Waals surface area contributed by atoms with Crippen molar-refractivity contribution in [3.8, 4) is 5.88 Å². The van der Waals surface area contributed by atoms with Crippen LogP contribution in [0.25, 0.3) is 11.7 Å². The summed E-state index contributed by atoms with van der Waals surface area (Å²) in [7, 11) is -3.26. The van der Waals surface area contributed by atoms with Crippen LogP contribution in [0.5, 0.6) is 5.88 Å². The van der Waals surface area contributed by atoms with Gasteiger partial charge in [0, 0.05) is 18.0 Å². The minimum absolute atomic E-state index is 0.196. The van der Waals surface area contributed by atoms with Crippen LogP contribution in [-0.4, -0.2) is 55.4 Å². The van der Waals surface area contributed by atoms with Gasteiger partial charge in [0.2, 0.25) is 11.8 Å². The second kappa shape index (κ2) is 7.85. The van der Waals surface area contributed by atoms with Gasteiger partial charge < -0.3 is 15.4 Å². The number of benzene rings is 1. The zero-order chi connectivity index (χ0) is 23.2. The molecule has 33 heavy (non-hydrogen) atoms. The predicted molar refractivity (Wildman–Crippen MR) is 118 cm³/mol. The molecule has 0 radical (unpaired) electrons. The molecular formula is C20H20N8O4S. The van der Waals surface area contributed by atoms with Gasteiger partial charge in [-0.3, -0.25) is 4.98 Å². The summed E-state index contributed by atoms with van der Waals surface area (Å²) in [6, 6.07) is 6.75. The number of rotatable bonds is 6. The molecule has 1 aliphatic carbocycles. The van der Waals surface area contributed by atoms with Crippen LogP contribution in [0.4, 0.5) is 5.95 Å². The van der Waals surface area contributed by atoms with Crippen LogP contribution in [0, 0.1) is 0 Å². The van der Waals surface area contributed by atoms with E-state index in [4.69, 9.17) is 0 Å². The van der Waals surface area contributed by atoms with Gasteiger partial charge in [-0.1, -0.05) is 12.1 Å². The second-order valence-electron chi connectivity index (χ2n) is 7.80. The average molecular weight is 468 g/mol. The van der Waals surface area contributed by atoms with E-state index in [0.717, 1.165) is 24.7 Å². The fraction of sp³-hybridized carbons (Fsp3) is 0.250. The third kappa shape index (κ3) is 4.48. The van der Waals surface area contributed by atoms with E-state index in [2.05, 4.69) is 35.3 Å². The normalized spacial score (nSPS) is 15.4. The molecule has 4 aromatic rings. The Hall–Kier alpha value is -4.00. The molecule has 0 amide bonds. The fourth-order valence-corrected chi connectivity index (χ4v) is 3.83. The Bertz CT molecular complexity index is 1630. The maximum absolute atomic E-state index is 11.6. The first-order valence-corrected chi connectivity index (χ1v) is 12.0. The highest BCUT2D eigenvalue weighted by atomic mass is 32.2. The van der Waals surface area contributed by atoms with Crippen molar-refractivity contribution >= 4 is 27.5 Å². The SMILES string of the molecule is CS(=O)(=O)c1ccc(CNc2nc(=NC3CC3)n3ncc(=Cc4[nH]c(=O)[nH]c4O)c3n2)cc1. The average Bonchev–Trinajstić information content (AvgIpc) is 3.40. The molecule has 1 saturated carbocycles. The Morgan fingerprint density at radius 2 is 2.00 bits per heavy atom. The standard InChI is InChI=1S/C20H20N8O4S/c1-33(31,32)14-6-2-11(3-7-14)9-21-18-25-16-12(8-15-17(29)26-20(30)24-15)10-22-28(16)19(27-18)23-13-4-5-13/h2-3,6-8,10,13,29H,4-5,9H2,1H3,(H,21,23,27)(H2,24,26,30). The van der Waals surface area contributed by atoms with Crippen LogP contribution in [0.2, 0.25) is 0 Å². The fourth-order valence-electron chi connectivity index (χ4n) is 3.19. The number of aromatic amines is 2. The molecule has 0 aliphatic heterocycles. The summed E-state index contributed by atoms with van der Waals surface area (Å²) >= 11 is 0. The lowest BCUT2D eigenvalue weighted by molar-refractivity contribution is 0.454. The van der Waals surface area contributed by atoms with Crippen molar-refractivity contribution in [3.63, 3.8) is 0 Å². The van der Waals surface area contributed by atoms with E-state index in [-0.39, 0.29) is 22.5 Å². The summed E-state index contributed by atoms with van der Waals surface area (Å²) < 4.78 is 24.8. The summed E-state index contributed by atoms with van der Waals surface area (Å²) in [5.41, 5.74) is 1.36. The first kappa shape index (κ1) is 20.9. The molecule has 12 nitrogen and oxygen atoms in total. The Balaban J connectivity index is 1.52. The molecule has 13 heteroatoms. The number of H-pyrrole nitrogens is 2. The molecule has 5 rings (SSSR count). The van der Waals surface area contributed by atoms with Crippen LogP contribution in [0.1, 0.15) is 24.1 Å². The Labute approximate surface area is 186 Å². The maximum Gasteiger partial charge on any atom is 0.326 e. The molecule has 1 aromatic carbocycles. The molecule has 0 unspecified atom stereocenters. The van der Waals surface area contributed by atoms with Crippen molar-refractivity contribution in [3.05, 3.63) is 63.0 Å². The minimum atomic E-state index is -3.26. The molecule has 3 aromatic heterocycles. The number of nitrogens with zero attached hydrogens (tertiary/aromatic N) is 5. The molecule has 1 aliphatic rings. The van der Waals surface area contributed by atoms with Crippen LogP contribution in [-0.2, 0) is 16.4 Å². The summed E-state index contributed by atoms with van der Waals surface area (Å²) in [4.78, 5) is 30.1. The van der Waals surface area contributed by atoms with E-state index in [0.29, 0.717) is 29.0 Å². The predicted octanol–water partition coefficient (Wildman–Crippen LogP) is -0.527. The number of hydrogen-bond acceptors (Lipinski definition) is 9. The van der Waals surface area contributed by atoms with Gasteiger partial charge >= 0.3 is 5.69 Å². The number of nitrogens with one attached hydrogen (secondary N) is 3. The van der Waals surface area contributed by atoms with Gasteiger partial charge in [-0.05, 0) is 36.6 Å². The lowest BCUT2D eigenvalue weighted by atomic mass is 10.2. The van der Waals surface area contributed by atoms with E-state index in [1.807, 2.05) is 0 Å². The summed E-state index contributed by atoms with van der Waals surface area (Å²) in [6.45, 7) is 0.363. The number of sulfone groups is 1. The van der Waals surface area contributed by atoms with E-state index >= 15 is 0 Å². The highest BCUT2D eigenvalue weighted by Gasteiger charge is 2.21. The first-order chi connectivity index (χ1) is 15.8. The number of aromatic nitrogens is 6. The minimum Gasteiger partial charge on any atom is -0.493 e. The zero-order valence-electron chi connectivity index (χ0n) is 17.5. The zero-order valence-corrected chi connectivity index (χ0v) is 18.3. The van der Waals surface area contributed by atoms with Crippen LogP contribution < -0.4 is 21.8 Å². The van der Waals surface area contributed by atoms with Crippen molar-refractivity contribution in [1.82, 2.24) is 29.5 Å². The van der Waals surface area contributed by atoms with Gasteiger partial charge in [0.05, 0.1) is 17.1 Å². The van der Waals surface area contributed by atoms with Crippen molar-refractivity contribution < 1.29 is 13.5 Å². The Kier molecular flexibility index (Phi) is 4.96. The lowest BCUT2D eigenvalue weighted by Crippen LogP contribution is -2.24. The van der Waals surface area contributed by atoms with Crippen molar-refractivity contribution in [2.24, 2.45) is 4.99 Å². The molecule has 1 fully saturated rings. The smallest absolute Gasteiger partial charge is 0.326 e. The number of aromatic hydroxyl groups is 1. The topological polar surface area (TPSA) is 170 Å². The molecule has 170 valence electrons. The summed E-state index contributed by atoms with van der Waals surface area (Å²) in [5.74, 6) is 0.0308. The first-order valence-electron chi connectivity index (χ1n) is 10.1. The summed E-state index contributed by atoms with van der Waals surface area (Å²) in [6.07, 6.45) is 6.24. The highest BCUT2D eigenvalue weighted by Crippen LogP contribution is 2.22. The molecule has 0 bridgehead atoms. The van der Waals surface area contributed by atoms with Gasteiger partial charge in [-0.2, -0.15) is 19.6 Å². The third-order valence-electron chi connectivity index (χ3n) is 5.06. The Morgan fingerprint density at radius 1 is 1.24 bits per heavy atom. The molecule has 0 saturated heterocycles. The van der Waals surface area contributed by atoms with Gasteiger partial charge in [-0.25, -0.2) is 18.2 Å². The van der Waals surface area contributed by atoms with Gasteiger partial charge in [0.25, 0.3) is 5.62 Å². The van der Waals surface area contributed by atoms with Crippen LogP contribution in [0.3, 0.4) is 0 Å². The third-order valence-corrected chi connectivity index (χ3v) is 6.19. The molecule has 0 atom stereocenters. The second-order valence-corrected chi connectivity index (χ2v) is 9.81. The monoisotopic (exact) mass is 468 g/mol. The van der Waals surface area contributed by atoms with Crippen molar-refractivity contribution in [2.45, 2.75) is 30.3 Å².